The van der Waals surface area contributed by atoms with Crippen LogP contribution in [0.2, 0.25) is 0 Å². The molecular weight excluding hydrogens is 392 g/mol. The van der Waals surface area contributed by atoms with Crippen molar-refractivity contribution in [3.05, 3.63) is 26.6 Å². The molecule has 0 saturated carbocycles. The monoisotopic (exact) mass is 418 g/mol. The van der Waals surface area contributed by atoms with Crippen LogP contribution in [-0.4, -0.2) is 5.11 Å². The first-order valence-electron chi connectivity index (χ1n) is 8.32. The Bertz CT molecular complexity index is 381. The van der Waals surface area contributed by atoms with Gasteiger partial charge in [0.25, 0.3) is 0 Å². The molecule has 0 atom stereocenters. The molecule has 21 heavy (non-hydrogen) atoms. The lowest BCUT2D eigenvalue weighted by Crippen LogP contribution is -1.88. The molecule has 0 aliphatic heterocycles. The van der Waals surface area contributed by atoms with E-state index in [0.717, 1.165) is 15.4 Å². The normalized spacial score (nSPS) is 11.0. The van der Waals surface area contributed by atoms with E-state index in [1.165, 1.54) is 69.8 Å². The minimum atomic E-state index is 0.293. The summed E-state index contributed by atoms with van der Waals surface area (Å²) in [6.07, 6.45) is 14.8. The Labute approximate surface area is 146 Å². The van der Waals surface area contributed by atoms with Gasteiger partial charge in [-0.25, -0.2) is 0 Å². The molecule has 0 spiro atoms. The molecule has 0 heterocycles. The first-order chi connectivity index (χ1) is 10.1. The number of hydrogen-bond acceptors (Lipinski definition) is 1. The van der Waals surface area contributed by atoms with Crippen LogP contribution in [0.25, 0.3) is 0 Å². The van der Waals surface area contributed by atoms with Crippen molar-refractivity contribution in [1.29, 1.82) is 0 Å². The van der Waals surface area contributed by atoms with Crippen LogP contribution in [0.5, 0.6) is 5.75 Å². The highest BCUT2D eigenvalue weighted by Crippen LogP contribution is 2.33. The van der Waals surface area contributed by atoms with E-state index in [1.54, 1.807) is 0 Å². The fraction of sp³-hybridized carbons (Fsp3) is 0.667. The standard InChI is InChI=1S/C18H28Br2O/c1-2-3-4-5-6-7-8-9-10-11-12-15-13-16(19)18(21)17(20)14-15/h13-14,21H,2-12H2,1H3. The van der Waals surface area contributed by atoms with Gasteiger partial charge < -0.3 is 5.11 Å². The molecule has 0 aromatic heterocycles. The molecule has 0 fully saturated rings. The van der Waals surface area contributed by atoms with Crippen LogP contribution in [0.3, 0.4) is 0 Å². The number of phenolic OH excluding ortho intramolecular Hbond substituents is 1. The lowest BCUT2D eigenvalue weighted by Gasteiger charge is -2.06. The molecule has 0 aliphatic rings. The van der Waals surface area contributed by atoms with Crippen LogP contribution in [0.15, 0.2) is 21.1 Å². The summed E-state index contributed by atoms with van der Waals surface area (Å²) < 4.78 is 1.55. The van der Waals surface area contributed by atoms with Crippen LogP contribution in [0.1, 0.15) is 76.7 Å². The largest absolute Gasteiger partial charge is 0.506 e. The van der Waals surface area contributed by atoms with Crippen molar-refractivity contribution < 1.29 is 5.11 Å². The average Bonchev–Trinajstić information content (AvgIpc) is 2.46. The number of aryl methyl sites for hydroxylation is 1. The fourth-order valence-electron chi connectivity index (χ4n) is 2.58. The predicted molar refractivity (Wildman–Crippen MR) is 99.1 cm³/mol. The second kappa shape index (κ2) is 11.5. The Balaban J connectivity index is 2.04. The number of rotatable bonds is 11. The summed E-state index contributed by atoms with van der Waals surface area (Å²) in [4.78, 5) is 0. The topological polar surface area (TPSA) is 20.2 Å². The van der Waals surface area contributed by atoms with Gasteiger partial charge in [-0.3, -0.25) is 0 Å². The molecule has 0 bridgehead atoms. The summed E-state index contributed by atoms with van der Waals surface area (Å²) in [7, 11) is 0. The van der Waals surface area contributed by atoms with Crippen molar-refractivity contribution in [2.75, 3.05) is 0 Å². The maximum atomic E-state index is 9.68. The quantitative estimate of drug-likeness (QED) is 0.371. The van der Waals surface area contributed by atoms with E-state index in [0.29, 0.717) is 5.75 Å². The second-order valence-corrected chi connectivity index (χ2v) is 7.55. The van der Waals surface area contributed by atoms with Gasteiger partial charge in [0.15, 0.2) is 0 Å². The summed E-state index contributed by atoms with van der Waals surface area (Å²) in [5, 5.41) is 9.68. The van der Waals surface area contributed by atoms with Crippen LogP contribution in [0.4, 0.5) is 0 Å². The van der Waals surface area contributed by atoms with Gasteiger partial charge in [-0.15, -0.1) is 0 Å². The minimum absolute atomic E-state index is 0.293. The van der Waals surface area contributed by atoms with Gasteiger partial charge in [-0.05, 0) is 62.4 Å². The molecule has 1 N–H and O–H groups in total. The molecule has 0 saturated heterocycles. The van der Waals surface area contributed by atoms with Crippen molar-refractivity contribution in [3.63, 3.8) is 0 Å². The van der Waals surface area contributed by atoms with Crippen molar-refractivity contribution in [2.24, 2.45) is 0 Å². The van der Waals surface area contributed by atoms with Crippen LogP contribution in [0, 0.1) is 0 Å². The van der Waals surface area contributed by atoms with E-state index in [1.807, 2.05) is 12.1 Å². The van der Waals surface area contributed by atoms with Gasteiger partial charge in [0.05, 0.1) is 8.95 Å². The summed E-state index contributed by atoms with van der Waals surface area (Å²) in [5.41, 5.74) is 1.28. The molecule has 0 amide bonds. The van der Waals surface area contributed by atoms with Gasteiger partial charge in [0, 0.05) is 0 Å². The molecule has 0 radical (unpaired) electrons. The molecule has 0 aliphatic carbocycles. The molecule has 1 aromatic rings. The zero-order valence-electron chi connectivity index (χ0n) is 13.1. The Morgan fingerprint density at radius 1 is 0.762 bits per heavy atom. The fourth-order valence-corrected chi connectivity index (χ4v) is 3.86. The van der Waals surface area contributed by atoms with Gasteiger partial charge in [0.2, 0.25) is 0 Å². The van der Waals surface area contributed by atoms with Crippen molar-refractivity contribution in [1.82, 2.24) is 0 Å². The molecule has 1 aromatic carbocycles. The van der Waals surface area contributed by atoms with Crippen LogP contribution in [-0.2, 0) is 6.42 Å². The van der Waals surface area contributed by atoms with E-state index < -0.39 is 0 Å². The minimum Gasteiger partial charge on any atom is -0.506 e. The highest BCUT2D eigenvalue weighted by Gasteiger charge is 2.05. The third-order valence-corrected chi connectivity index (χ3v) is 5.10. The maximum absolute atomic E-state index is 9.68. The van der Waals surface area contributed by atoms with Crippen molar-refractivity contribution in [2.45, 2.75) is 77.6 Å². The lowest BCUT2D eigenvalue weighted by atomic mass is 10.0. The highest BCUT2D eigenvalue weighted by atomic mass is 79.9. The third-order valence-electron chi connectivity index (χ3n) is 3.90. The summed E-state index contributed by atoms with van der Waals surface area (Å²) in [5.74, 6) is 0.293. The molecule has 1 nitrogen and oxygen atoms in total. The molecular formula is C18H28Br2O. The van der Waals surface area contributed by atoms with Gasteiger partial charge >= 0.3 is 0 Å². The Kier molecular flexibility index (Phi) is 10.5. The van der Waals surface area contributed by atoms with Crippen molar-refractivity contribution >= 4 is 31.9 Å². The average molecular weight is 420 g/mol. The number of aromatic hydroxyl groups is 1. The number of halogens is 2. The van der Waals surface area contributed by atoms with Crippen LogP contribution >= 0.6 is 31.9 Å². The van der Waals surface area contributed by atoms with Crippen molar-refractivity contribution in [3.8, 4) is 5.75 Å². The smallest absolute Gasteiger partial charge is 0.143 e. The third kappa shape index (κ3) is 8.25. The Morgan fingerprint density at radius 3 is 1.67 bits per heavy atom. The second-order valence-electron chi connectivity index (χ2n) is 5.84. The number of phenols is 1. The Morgan fingerprint density at radius 2 is 1.19 bits per heavy atom. The van der Waals surface area contributed by atoms with Gasteiger partial charge in [-0.2, -0.15) is 0 Å². The molecule has 1 rings (SSSR count). The maximum Gasteiger partial charge on any atom is 0.143 e. The number of unbranched alkanes of at least 4 members (excludes halogenated alkanes) is 9. The zero-order valence-corrected chi connectivity index (χ0v) is 16.3. The number of hydrogen-bond donors (Lipinski definition) is 1. The lowest BCUT2D eigenvalue weighted by molar-refractivity contribution is 0.468. The van der Waals surface area contributed by atoms with E-state index in [9.17, 15) is 5.11 Å². The van der Waals surface area contributed by atoms with E-state index >= 15 is 0 Å². The van der Waals surface area contributed by atoms with E-state index in [-0.39, 0.29) is 0 Å². The van der Waals surface area contributed by atoms with Gasteiger partial charge in [-0.1, -0.05) is 64.7 Å². The van der Waals surface area contributed by atoms with Gasteiger partial charge in [0.1, 0.15) is 5.75 Å². The zero-order chi connectivity index (χ0) is 15.5. The van der Waals surface area contributed by atoms with Crippen LogP contribution < -0.4 is 0 Å². The first-order valence-corrected chi connectivity index (χ1v) is 9.90. The Hall–Kier alpha value is -0.0200. The first kappa shape index (κ1) is 19.0. The molecule has 3 heteroatoms. The summed E-state index contributed by atoms with van der Waals surface area (Å²) >= 11 is 6.77. The predicted octanol–water partition coefficient (Wildman–Crippen LogP) is 7.38. The SMILES string of the molecule is CCCCCCCCCCCCc1cc(Br)c(O)c(Br)c1. The molecule has 0 unspecified atom stereocenters. The highest BCUT2D eigenvalue weighted by molar-refractivity contribution is 9.11. The summed E-state index contributed by atoms with van der Waals surface area (Å²) in [6.45, 7) is 2.27. The van der Waals surface area contributed by atoms with E-state index in [2.05, 4.69) is 38.8 Å². The van der Waals surface area contributed by atoms with E-state index in [4.69, 9.17) is 0 Å². The number of benzene rings is 1. The summed E-state index contributed by atoms with van der Waals surface area (Å²) in [6, 6.07) is 4.04. The molecule has 120 valence electrons.